The lowest BCUT2D eigenvalue weighted by Gasteiger charge is -2.11. The van der Waals surface area contributed by atoms with Gasteiger partial charge in [-0.1, -0.05) is 0 Å². The Kier molecular flexibility index (Phi) is 5.86. The molecule has 0 aliphatic heterocycles. The molecule has 0 aromatic carbocycles. The van der Waals surface area contributed by atoms with Crippen molar-refractivity contribution in [1.82, 2.24) is 9.97 Å². The van der Waals surface area contributed by atoms with E-state index in [2.05, 4.69) is 20.6 Å². The first kappa shape index (κ1) is 14.2. The lowest BCUT2D eigenvalue weighted by atomic mass is 10.3. The lowest BCUT2D eigenvalue weighted by molar-refractivity contribution is -0.137. The average molecular weight is 254 g/mol. The number of carbonyl (C=O) groups is 1. The monoisotopic (exact) mass is 254 g/mol. The summed E-state index contributed by atoms with van der Waals surface area (Å²) in [7, 11) is 1.65. The van der Waals surface area contributed by atoms with E-state index in [-0.39, 0.29) is 0 Å². The van der Waals surface area contributed by atoms with Crippen LogP contribution >= 0.6 is 0 Å². The van der Waals surface area contributed by atoms with Gasteiger partial charge in [-0.2, -0.15) is 0 Å². The number of nitrogens with one attached hydrogen (secondary N) is 2. The second-order valence-corrected chi connectivity index (χ2v) is 3.77. The molecule has 1 heterocycles. The van der Waals surface area contributed by atoms with Gasteiger partial charge in [-0.15, -0.1) is 0 Å². The van der Waals surface area contributed by atoms with Crippen molar-refractivity contribution in [3.63, 3.8) is 0 Å². The topological polar surface area (TPSA) is 96.4 Å². The Morgan fingerprint density at radius 2 is 2.22 bits per heavy atom. The van der Waals surface area contributed by atoms with E-state index in [1.807, 2.05) is 0 Å². The molecule has 18 heavy (non-hydrogen) atoms. The molecule has 0 amide bonds. The second-order valence-electron chi connectivity index (χ2n) is 3.77. The van der Waals surface area contributed by atoms with Crippen LogP contribution in [0.1, 0.15) is 13.3 Å². The van der Waals surface area contributed by atoms with Crippen LogP contribution in [-0.4, -0.2) is 47.3 Å². The molecule has 3 N–H and O–H groups in total. The fraction of sp³-hybridized carbons (Fsp3) is 0.545. The zero-order chi connectivity index (χ0) is 13.4. The molecule has 1 atom stereocenters. The molecular formula is C11H18N4O3. The van der Waals surface area contributed by atoms with Crippen LogP contribution in [0, 0.1) is 0 Å². The number of carboxylic acids is 1. The average Bonchev–Trinajstić information content (AvgIpc) is 2.35. The normalized spacial score (nSPS) is 11.9. The van der Waals surface area contributed by atoms with E-state index in [1.165, 1.54) is 6.33 Å². The molecule has 0 saturated heterocycles. The Morgan fingerprint density at radius 1 is 1.50 bits per heavy atom. The van der Waals surface area contributed by atoms with E-state index in [9.17, 15) is 4.79 Å². The smallest absolute Gasteiger partial charge is 0.325 e. The number of rotatable bonds is 8. The lowest BCUT2D eigenvalue weighted by Crippen LogP contribution is -2.25. The third-order valence-electron chi connectivity index (χ3n) is 2.23. The molecule has 0 fully saturated rings. The van der Waals surface area contributed by atoms with E-state index >= 15 is 0 Å². The maximum Gasteiger partial charge on any atom is 0.325 e. The summed E-state index contributed by atoms with van der Waals surface area (Å²) in [6, 6.07) is 0.980. The Bertz CT molecular complexity index is 386. The van der Waals surface area contributed by atoms with Crippen molar-refractivity contribution in [2.75, 3.05) is 30.9 Å². The molecule has 1 unspecified atom stereocenters. The van der Waals surface area contributed by atoms with Gasteiger partial charge < -0.3 is 20.5 Å². The molecule has 100 valence electrons. The Balaban J connectivity index is 2.48. The molecular weight excluding hydrogens is 236 g/mol. The van der Waals surface area contributed by atoms with Crippen molar-refractivity contribution in [2.45, 2.75) is 19.4 Å². The Hall–Kier alpha value is -1.89. The van der Waals surface area contributed by atoms with Gasteiger partial charge >= 0.3 is 5.97 Å². The van der Waals surface area contributed by atoms with Gasteiger partial charge in [0.1, 0.15) is 24.0 Å². The summed E-state index contributed by atoms with van der Waals surface area (Å²) >= 11 is 0. The predicted octanol–water partition coefficient (Wildman–Crippen LogP) is 0.810. The van der Waals surface area contributed by atoms with Gasteiger partial charge in [0.25, 0.3) is 0 Å². The van der Waals surface area contributed by atoms with Crippen LogP contribution < -0.4 is 10.6 Å². The highest BCUT2D eigenvalue weighted by molar-refractivity contribution is 5.76. The van der Waals surface area contributed by atoms with E-state index in [4.69, 9.17) is 9.84 Å². The summed E-state index contributed by atoms with van der Waals surface area (Å²) in [5.41, 5.74) is 0. The highest BCUT2D eigenvalue weighted by Crippen LogP contribution is 2.09. The summed E-state index contributed by atoms with van der Waals surface area (Å²) < 4.78 is 4.93. The van der Waals surface area contributed by atoms with Crippen LogP contribution in [0.4, 0.5) is 11.6 Å². The zero-order valence-electron chi connectivity index (χ0n) is 10.5. The zero-order valence-corrected chi connectivity index (χ0v) is 10.5. The first-order valence-corrected chi connectivity index (χ1v) is 5.67. The Morgan fingerprint density at radius 3 is 2.89 bits per heavy atom. The molecule has 7 heteroatoms. The maximum atomic E-state index is 10.7. The molecule has 0 saturated carbocycles. The second kappa shape index (κ2) is 7.44. The molecule has 0 aliphatic carbocycles. The van der Waals surface area contributed by atoms with E-state index in [0.717, 1.165) is 13.0 Å². The molecule has 0 spiro atoms. The first-order valence-electron chi connectivity index (χ1n) is 5.67. The number of carboxylic acid groups (broad SMARTS) is 1. The quantitative estimate of drug-likeness (QED) is 0.591. The maximum absolute atomic E-state index is 10.7. The van der Waals surface area contributed by atoms with E-state index < -0.39 is 12.0 Å². The van der Waals surface area contributed by atoms with Crippen LogP contribution in [0.5, 0.6) is 0 Å². The Labute approximate surface area is 106 Å². The fourth-order valence-electron chi connectivity index (χ4n) is 1.25. The number of aromatic nitrogens is 2. The van der Waals surface area contributed by atoms with Gasteiger partial charge in [-0.3, -0.25) is 4.79 Å². The van der Waals surface area contributed by atoms with Crippen molar-refractivity contribution in [3.05, 3.63) is 12.4 Å². The third kappa shape index (κ3) is 4.96. The molecule has 7 nitrogen and oxygen atoms in total. The summed E-state index contributed by atoms with van der Waals surface area (Å²) in [6.07, 6.45) is 2.25. The van der Waals surface area contributed by atoms with Gasteiger partial charge in [0.15, 0.2) is 0 Å². The van der Waals surface area contributed by atoms with E-state index in [0.29, 0.717) is 18.2 Å². The first-order chi connectivity index (χ1) is 8.63. The molecule has 0 aliphatic rings. The molecule has 1 aromatic heterocycles. The number of methoxy groups -OCH3 is 1. The number of hydrogen-bond acceptors (Lipinski definition) is 6. The van der Waals surface area contributed by atoms with Gasteiger partial charge in [0.2, 0.25) is 0 Å². The van der Waals surface area contributed by atoms with Crippen molar-refractivity contribution in [2.24, 2.45) is 0 Å². The minimum atomic E-state index is -0.928. The number of hydrogen-bond donors (Lipinski definition) is 3. The molecule has 0 radical (unpaired) electrons. The predicted molar refractivity (Wildman–Crippen MR) is 67.7 cm³/mol. The van der Waals surface area contributed by atoms with Gasteiger partial charge in [-0.05, 0) is 13.3 Å². The van der Waals surface area contributed by atoms with Crippen molar-refractivity contribution in [3.8, 4) is 0 Å². The van der Waals surface area contributed by atoms with Crippen molar-refractivity contribution in [1.29, 1.82) is 0 Å². The van der Waals surface area contributed by atoms with Crippen LogP contribution in [0.2, 0.25) is 0 Å². The largest absolute Gasteiger partial charge is 0.480 e. The van der Waals surface area contributed by atoms with Crippen LogP contribution in [-0.2, 0) is 9.53 Å². The van der Waals surface area contributed by atoms with Crippen LogP contribution in [0.3, 0.4) is 0 Å². The third-order valence-corrected chi connectivity index (χ3v) is 2.23. The number of aliphatic carboxylic acids is 1. The van der Waals surface area contributed by atoms with E-state index in [1.54, 1.807) is 20.1 Å². The number of anilines is 2. The van der Waals surface area contributed by atoms with Crippen molar-refractivity contribution >= 4 is 17.6 Å². The minimum Gasteiger partial charge on any atom is -0.480 e. The molecule has 0 bridgehead atoms. The van der Waals surface area contributed by atoms with Gasteiger partial charge in [-0.25, -0.2) is 9.97 Å². The van der Waals surface area contributed by atoms with Crippen LogP contribution in [0.25, 0.3) is 0 Å². The highest BCUT2D eigenvalue weighted by atomic mass is 16.5. The van der Waals surface area contributed by atoms with Crippen molar-refractivity contribution < 1.29 is 14.6 Å². The SMILES string of the molecule is COCCCNc1cc(NC(C)C(=O)O)ncn1. The minimum absolute atomic E-state index is 0.481. The number of ether oxygens (including phenoxy) is 1. The summed E-state index contributed by atoms with van der Waals surface area (Å²) in [6.45, 7) is 2.97. The van der Waals surface area contributed by atoms with Crippen LogP contribution in [0.15, 0.2) is 12.4 Å². The highest BCUT2D eigenvalue weighted by Gasteiger charge is 2.10. The molecule has 1 rings (SSSR count). The number of nitrogens with zero attached hydrogens (tertiary/aromatic N) is 2. The van der Waals surface area contributed by atoms with Gasteiger partial charge in [0, 0.05) is 26.3 Å². The molecule has 1 aromatic rings. The summed E-state index contributed by atoms with van der Waals surface area (Å²) in [5, 5.41) is 14.6. The summed E-state index contributed by atoms with van der Waals surface area (Å²) in [5.74, 6) is 0.207. The standard InChI is InChI=1S/C11H18N4O3/c1-8(11(16)17)15-10-6-9(13-7-14-10)12-4-3-5-18-2/h6-8H,3-5H2,1-2H3,(H,16,17)(H2,12,13,14,15). The van der Waals surface area contributed by atoms with Gasteiger partial charge in [0.05, 0.1) is 0 Å². The fourth-order valence-corrected chi connectivity index (χ4v) is 1.25. The summed E-state index contributed by atoms with van der Waals surface area (Å²) in [4.78, 5) is 18.7.